The fourth-order valence-electron chi connectivity index (χ4n) is 1.56. The lowest BCUT2D eigenvalue weighted by atomic mass is 10.2. The standard InChI is InChI=1S/C13H15NO5/c1-8(6-18-9(2)15)7-19-13(16)11-5-12-10(14-11)3-4-17-12/h3-5,8,14H,6-7H2,1-2H3. The summed E-state index contributed by atoms with van der Waals surface area (Å²) in [7, 11) is 0. The van der Waals surface area contributed by atoms with Crippen molar-refractivity contribution < 1.29 is 23.5 Å². The molecule has 2 rings (SSSR count). The molecule has 2 aromatic heterocycles. The number of fused-ring (bicyclic) bond motifs is 1. The van der Waals surface area contributed by atoms with Crippen LogP contribution >= 0.6 is 0 Å². The van der Waals surface area contributed by atoms with Gasteiger partial charge in [-0.05, 0) is 0 Å². The number of esters is 2. The minimum Gasteiger partial charge on any atom is -0.465 e. The van der Waals surface area contributed by atoms with Gasteiger partial charge in [0, 0.05) is 25.0 Å². The van der Waals surface area contributed by atoms with Crippen LogP contribution in [0, 0.1) is 5.92 Å². The van der Waals surface area contributed by atoms with Gasteiger partial charge in [0.2, 0.25) is 0 Å². The van der Waals surface area contributed by atoms with Crippen molar-refractivity contribution >= 4 is 23.0 Å². The maximum Gasteiger partial charge on any atom is 0.354 e. The molecule has 0 bridgehead atoms. The molecular formula is C13H15NO5. The number of nitrogens with one attached hydrogen (secondary N) is 1. The molecule has 6 nitrogen and oxygen atoms in total. The third kappa shape index (κ3) is 3.37. The molecular weight excluding hydrogens is 250 g/mol. The molecule has 2 heterocycles. The van der Waals surface area contributed by atoms with Crippen LogP contribution in [0.15, 0.2) is 22.8 Å². The van der Waals surface area contributed by atoms with E-state index < -0.39 is 5.97 Å². The number of aromatic amines is 1. The lowest BCUT2D eigenvalue weighted by Crippen LogP contribution is -2.17. The van der Waals surface area contributed by atoms with Crippen molar-refractivity contribution in [2.45, 2.75) is 13.8 Å². The number of carbonyl (C=O) groups excluding carboxylic acids is 2. The Kier molecular flexibility index (Phi) is 3.89. The van der Waals surface area contributed by atoms with E-state index in [4.69, 9.17) is 13.9 Å². The van der Waals surface area contributed by atoms with Crippen LogP contribution in [0.1, 0.15) is 24.3 Å². The monoisotopic (exact) mass is 265 g/mol. The Labute approximate surface area is 109 Å². The van der Waals surface area contributed by atoms with E-state index in [1.807, 2.05) is 6.92 Å². The van der Waals surface area contributed by atoms with Gasteiger partial charge in [-0.2, -0.15) is 0 Å². The lowest BCUT2D eigenvalue weighted by molar-refractivity contribution is -0.142. The first-order chi connectivity index (χ1) is 9.06. The van der Waals surface area contributed by atoms with E-state index in [-0.39, 0.29) is 25.1 Å². The Balaban J connectivity index is 1.84. The Morgan fingerprint density at radius 3 is 2.79 bits per heavy atom. The summed E-state index contributed by atoms with van der Waals surface area (Å²) in [6.45, 7) is 3.59. The van der Waals surface area contributed by atoms with E-state index in [0.29, 0.717) is 11.3 Å². The molecule has 1 N–H and O–H groups in total. The fraction of sp³-hybridized carbons (Fsp3) is 0.385. The van der Waals surface area contributed by atoms with Crippen LogP contribution in [0.4, 0.5) is 0 Å². The highest BCUT2D eigenvalue weighted by atomic mass is 16.5. The molecule has 0 fully saturated rings. The summed E-state index contributed by atoms with van der Waals surface area (Å²) in [5.41, 5.74) is 1.70. The number of rotatable bonds is 5. The first-order valence-corrected chi connectivity index (χ1v) is 5.93. The smallest absolute Gasteiger partial charge is 0.354 e. The highest BCUT2D eigenvalue weighted by molar-refractivity contribution is 5.93. The summed E-state index contributed by atoms with van der Waals surface area (Å²) < 4.78 is 15.1. The highest BCUT2D eigenvalue weighted by Crippen LogP contribution is 2.16. The lowest BCUT2D eigenvalue weighted by Gasteiger charge is -2.11. The van der Waals surface area contributed by atoms with Gasteiger partial charge in [0.25, 0.3) is 0 Å². The molecule has 0 radical (unpaired) electrons. The molecule has 0 saturated carbocycles. The molecule has 19 heavy (non-hydrogen) atoms. The maximum atomic E-state index is 11.8. The molecule has 1 atom stereocenters. The van der Waals surface area contributed by atoms with Gasteiger partial charge >= 0.3 is 11.9 Å². The van der Waals surface area contributed by atoms with Crippen LogP contribution in [0.2, 0.25) is 0 Å². The summed E-state index contributed by atoms with van der Waals surface area (Å²) in [6.07, 6.45) is 1.54. The van der Waals surface area contributed by atoms with E-state index in [0.717, 1.165) is 5.52 Å². The van der Waals surface area contributed by atoms with E-state index in [9.17, 15) is 9.59 Å². The largest absolute Gasteiger partial charge is 0.465 e. The zero-order valence-corrected chi connectivity index (χ0v) is 10.8. The van der Waals surface area contributed by atoms with Crippen molar-refractivity contribution in [2.75, 3.05) is 13.2 Å². The second-order valence-electron chi connectivity index (χ2n) is 4.39. The minimum absolute atomic E-state index is 0.0502. The van der Waals surface area contributed by atoms with Crippen LogP contribution < -0.4 is 0 Å². The van der Waals surface area contributed by atoms with Crippen LogP contribution in [0.25, 0.3) is 11.1 Å². The zero-order valence-electron chi connectivity index (χ0n) is 10.8. The van der Waals surface area contributed by atoms with Crippen molar-refractivity contribution in [3.8, 4) is 0 Å². The Morgan fingerprint density at radius 2 is 2.11 bits per heavy atom. The first kappa shape index (κ1) is 13.2. The van der Waals surface area contributed by atoms with Gasteiger partial charge in [-0.1, -0.05) is 6.92 Å². The third-order valence-electron chi connectivity index (χ3n) is 2.53. The fourth-order valence-corrected chi connectivity index (χ4v) is 1.56. The van der Waals surface area contributed by atoms with Gasteiger partial charge in [0.1, 0.15) is 5.69 Å². The molecule has 0 aliphatic rings. The zero-order chi connectivity index (χ0) is 13.8. The SMILES string of the molecule is CC(=O)OCC(C)COC(=O)c1cc2occc2[nH]1. The molecule has 2 aromatic rings. The average molecular weight is 265 g/mol. The molecule has 6 heteroatoms. The summed E-state index contributed by atoms with van der Waals surface area (Å²) in [4.78, 5) is 25.3. The van der Waals surface area contributed by atoms with Crippen LogP contribution in [0.3, 0.4) is 0 Å². The van der Waals surface area contributed by atoms with Crippen molar-refractivity contribution in [1.29, 1.82) is 0 Å². The Morgan fingerprint density at radius 1 is 1.37 bits per heavy atom. The first-order valence-electron chi connectivity index (χ1n) is 5.93. The maximum absolute atomic E-state index is 11.8. The van der Waals surface area contributed by atoms with Gasteiger partial charge < -0.3 is 18.9 Å². The number of hydrogen-bond donors (Lipinski definition) is 1. The van der Waals surface area contributed by atoms with E-state index in [1.165, 1.54) is 13.2 Å². The highest BCUT2D eigenvalue weighted by Gasteiger charge is 2.14. The van der Waals surface area contributed by atoms with Crippen molar-refractivity contribution in [2.24, 2.45) is 5.92 Å². The number of hydrogen-bond acceptors (Lipinski definition) is 5. The quantitative estimate of drug-likeness (QED) is 0.837. The van der Waals surface area contributed by atoms with E-state index >= 15 is 0 Å². The van der Waals surface area contributed by atoms with Gasteiger partial charge in [-0.25, -0.2) is 4.79 Å². The molecule has 102 valence electrons. The van der Waals surface area contributed by atoms with Crippen molar-refractivity contribution in [3.63, 3.8) is 0 Å². The molecule has 0 spiro atoms. The summed E-state index contributed by atoms with van der Waals surface area (Å²) >= 11 is 0. The number of H-pyrrole nitrogens is 1. The molecule has 0 aliphatic heterocycles. The van der Waals surface area contributed by atoms with Crippen LogP contribution in [0.5, 0.6) is 0 Å². The molecule has 0 saturated heterocycles. The molecule has 0 aliphatic carbocycles. The summed E-state index contributed by atoms with van der Waals surface area (Å²) in [5, 5.41) is 0. The number of carbonyl (C=O) groups is 2. The van der Waals surface area contributed by atoms with Gasteiger partial charge in [-0.3, -0.25) is 4.79 Å². The minimum atomic E-state index is -0.457. The van der Waals surface area contributed by atoms with E-state index in [1.54, 1.807) is 12.1 Å². The van der Waals surface area contributed by atoms with Crippen LogP contribution in [-0.4, -0.2) is 30.1 Å². The third-order valence-corrected chi connectivity index (χ3v) is 2.53. The Hall–Kier alpha value is -2.24. The van der Waals surface area contributed by atoms with Crippen molar-refractivity contribution in [3.05, 3.63) is 24.1 Å². The van der Waals surface area contributed by atoms with Crippen LogP contribution in [-0.2, 0) is 14.3 Å². The molecule has 1 unspecified atom stereocenters. The molecule has 0 amide bonds. The predicted octanol–water partition coefficient (Wildman–Crippen LogP) is 2.12. The predicted molar refractivity (Wildman–Crippen MR) is 66.6 cm³/mol. The normalized spacial score (nSPS) is 12.3. The Bertz CT molecular complexity index is 554. The average Bonchev–Trinajstić information content (AvgIpc) is 2.93. The number of furan rings is 1. The summed E-state index contributed by atoms with van der Waals surface area (Å²) in [6, 6.07) is 3.32. The van der Waals surface area contributed by atoms with Gasteiger partial charge in [0.15, 0.2) is 5.58 Å². The van der Waals surface area contributed by atoms with E-state index in [2.05, 4.69) is 4.98 Å². The molecule has 0 aromatic carbocycles. The number of aromatic nitrogens is 1. The number of ether oxygens (including phenoxy) is 2. The second kappa shape index (κ2) is 5.60. The van der Waals surface area contributed by atoms with Gasteiger partial charge in [-0.15, -0.1) is 0 Å². The van der Waals surface area contributed by atoms with Crippen molar-refractivity contribution in [1.82, 2.24) is 4.98 Å². The second-order valence-corrected chi connectivity index (χ2v) is 4.39. The topological polar surface area (TPSA) is 81.5 Å². The van der Waals surface area contributed by atoms with Gasteiger partial charge in [0.05, 0.1) is 25.0 Å². The summed E-state index contributed by atoms with van der Waals surface area (Å²) in [5.74, 6) is -0.852.